The zero-order valence-electron chi connectivity index (χ0n) is 15.6. The van der Waals surface area contributed by atoms with Crippen molar-refractivity contribution in [3.8, 4) is 0 Å². The first-order chi connectivity index (χ1) is 11.1. The van der Waals surface area contributed by atoms with E-state index in [1.54, 1.807) is 0 Å². The summed E-state index contributed by atoms with van der Waals surface area (Å²) in [6.45, 7) is 12.0. The zero-order valence-corrected chi connectivity index (χ0v) is 19.7. The Hall–Kier alpha value is -0.617. The molecule has 0 bridgehead atoms. The number of allylic oxidation sites excluding steroid dienone is 4. The summed E-state index contributed by atoms with van der Waals surface area (Å²) >= 11 is 0. The summed E-state index contributed by atoms with van der Waals surface area (Å²) in [4.78, 5) is 0. The molecule has 0 heterocycles. The predicted octanol–water partition coefficient (Wildman–Crippen LogP) is 7.40. The van der Waals surface area contributed by atoms with E-state index in [9.17, 15) is 0 Å². The summed E-state index contributed by atoms with van der Waals surface area (Å²) in [7, 11) is 0. The minimum atomic E-state index is 0. The van der Waals surface area contributed by atoms with E-state index >= 15 is 0 Å². The molecule has 0 saturated heterocycles. The van der Waals surface area contributed by atoms with Crippen LogP contribution in [0.3, 0.4) is 0 Å². The molecule has 0 spiro atoms. The average molecular weight is 468 g/mol. The van der Waals surface area contributed by atoms with Crippen molar-refractivity contribution in [1.82, 2.24) is 0 Å². The van der Waals surface area contributed by atoms with Crippen LogP contribution in [0.15, 0.2) is 78.9 Å². The fourth-order valence-corrected chi connectivity index (χ4v) is 1.90. The van der Waals surface area contributed by atoms with Crippen LogP contribution in [-0.4, -0.2) is 0 Å². The van der Waals surface area contributed by atoms with Gasteiger partial charge >= 0.3 is 26.2 Å². The van der Waals surface area contributed by atoms with E-state index in [1.165, 1.54) is 11.1 Å². The SMILES string of the molecule is Cl.Cl.[C-]1=CC=CC1.[CH2-]C(C)c1ccccc1.[CH2-]C(C)c1ccccc1.[Zr+3]. The molecule has 0 saturated carbocycles. The Morgan fingerprint density at radius 3 is 1.31 bits per heavy atom. The molecule has 1 aliphatic carbocycles. The van der Waals surface area contributed by atoms with Gasteiger partial charge < -0.3 is 13.8 Å². The Bertz CT molecular complexity index is 522. The van der Waals surface area contributed by atoms with Gasteiger partial charge in [0.15, 0.2) is 0 Å². The summed E-state index contributed by atoms with van der Waals surface area (Å²) < 4.78 is 0. The van der Waals surface area contributed by atoms with Crippen LogP contribution in [0.2, 0.25) is 0 Å². The molecule has 0 aliphatic heterocycles. The first-order valence-corrected chi connectivity index (χ1v) is 8.09. The summed E-state index contributed by atoms with van der Waals surface area (Å²) in [6.07, 6.45) is 10.0. The van der Waals surface area contributed by atoms with Gasteiger partial charge in [-0.1, -0.05) is 85.6 Å². The van der Waals surface area contributed by atoms with Crippen LogP contribution in [0.25, 0.3) is 0 Å². The molecule has 3 heteroatoms. The molecule has 0 N–H and O–H groups in total. The smallest absolute Gasteiger partial charge is 0.336 e. The van der Waals surface area contributed by atoms with E-state index in [1.807, 2.05) is 48.6 Å². The molecule has 1 radical (unpaired) electrons. The molecule has 0 aromatic heterocycles. The van der Waals surface area contributed by atoms with Crippen LogP contribution in [0.1, 0.15) is 43.2 Å². The Kier molecular flexibility index (Phi) is 22.2. The molecule has 2 unspecified atom stereocenters. The molecule has 2 aromatic rings. The summed E-state index contributed by atoms with van der Waals surface area (Å²) in [6, 6.07) is 20.6. The minimum Gasteiger partial charge on any atom is -0.336 e. The Balaban J connectivity index is -0.000000298. The van der Waals surface area contributed by atoms with Crippen molar-refractivity contribution in [2.24, 2.45) is 0 Å². The monoisotopic (exact) mass is 465 g/mol. The molecule has 0 amide bonds. The minimum absolute atomic E-state index is 0. The van der Waals surface area contributed by atoms with Crippen molar-refractivity contribution in [1.29, 1.82) is 0 Å². The van der Waals surface area contributed by atoms with E-state index in [0.717, 1.165) is 6.42 Å². The van der Waals surface area contributed by atoms with Crippen LogP contribution in [0.4, 0.5) is 0 Å². The maximum atomic E-state index is 3.91. The number of halogens is 2. The van der Waals surface area contributed by atoms with E-state index < -0.39 is 0 Å². The van der Waals surface area contributed by atoms with Gasteiger partial charge in [-0.25, -0.2) is 12.2 Å². The van der Waals surface area contributed by atoms with Gasteiger partial charge in [-0.05, 0) is 0 Å². The van der Waals surface area contributed by atoms with Crippen LogP contribution in [0.5, 0.6) is 0 Å². The average Bonchev–Trinajstić information content (AvgIpc) is 3.17. The number of benzene rings is 2. The maximum absolute atomic E-state index is 3.91. The fourth-order valence-electron chi connectivity index (χ4n) is 1.90. The largest absolute Gasteiger partial charge is 3.00 e. The molecule has 2 atom stereocenters. The van der Waals surface area contributed by atoms with Crippen molar-refractivity contribution >= 4 is 24.8 Å². The van der Waals surface area contributed by atoms with Gasteiger partial charge in [0.05, 0.1) is 0 Å². The van der Waals surface area contributed by atoms with Gasteiger partial charge in [-0.2, -0.15) is 6.08 Å². The van der Waals surface area contributed by atoms with Crippen LogP contribution < -0.4 is 0 Å². The summed E-state index contributed by atoms with van der Waals surface area (Å²) in [5.41, 5.74) is 2.61. The molecule has 2 aromatic carbocycles. The fraction of sp³-hybridized carbons (Fsp3) is 0.217. The molecular formula is C23H29Cl2Zr. The molecule has 3 rings (SSSR count). The first kappa shape index (κ1) is 30.1. The van der Waals surface area contributed by atoms with Gasteiger partial charge in [0.1, 0.15) is 0 Å². The predicted molar refractivity (Wildman–Crippen MR) is 116 cm³/mol. The second-order valence-electron chi connectivity index (χ2n) is 5.63. The second kappa shape index (κ2) is 19.2. The Morgan fingerprint density at radius 1 is 0.769 bits per heavy atom. The topological polar surface area (TPSA) is 0 Å². The van der Waals surface area contributed by atoms with Gasteiger partial charge in [0.2, 0.25) is 0 Å². The molecule has 0 fully saturated rings. The van der Waals surface area contributed by atoms with E-state index in [0.29, 0.717) is 11.8 Å². The maximum Gasteiger partial charge on any atom is 3.00 e. The molecule has 1 aliphatic rings. The third kappa shape index (κ3) is 14.5. The zero-order chi connectivity index (χ0) is 16.9. The molecule has 0 nitrogen and oxygen atoms in total. The standard InChI is InChI=1S/2C9H11.C5H5.2ClH.Zr/c2*1-8(2)9-6-4-3-5-7-9;1-2-4-5-3-1;;;/h2*3-8H,1H2,2H3;1-3H,4H2;2*1H;/q3*-1;;;+3. The van der Waals surface area contributed by atoms with Crippen molar-refractivity contribution < 1.29 is 26.2 Å². The van der Waals surface area contributed by atoms with Gasteiger partial charge in [-0.15, -0.1) is 43.1 Å². The summed E-state index contributed by atoms with van der Waals surface area (Å²) in [5.74, 6) is 0.817. The second-order valence-corrected chi connectivity index (χ2v) is 5.63. The van der Waals surface area contributed by atoms with E-state index in [4.69, 9.17) is 0 Å². The third-order valence-electron chi connectivity index (χ3n) is 3.32. The van der Waals surface area contributed by atoms with Crippen LogP contribution in [0, 0.1) is 19.9 Å². The van der Waals surface area contributed by atoms with E-state index in [-0.39, 0.29) is 51.0 Å². The molecular weight excluding hydrogens is 438 g/mol. The number of rotatable bonds is 2. The van der Waals surface area contributed by atoms with E-state index in [2.05, 4.69) is 64.1 Å². The van der Waals surface area contributed by atoms with Crippen molar-refractivity contribution in [3.05, 3.63) is 110 Å². The van der Waals surface area contributed by atoms with Crippen LogP contribution in [-0.2, 0) is 26.2 Å². The first-order valence-electron chi connectivity index (χ1n) is 8.09. The van der Waals surface area contributed by atoms with Crippen molar-refractivity contribution in [2.45, 2.75) is 32.1 Å². The van der Waals surface area contributed by atoms with Crippen LogP contribution >= 0.6 is 24.8 Å². The van der Waals surface area contributed by atoms with Gasteiger partial charge in [-0.3, -0.25) is 6.08 Å². The van der Waals surface area contributed by atoms with Crippen molar-refractivity contribution in [3.63, 3.8) is 0 Å². The molecule has 139 valence electrons. The Labute approximate surface area is 192 Å². The third-order valence-corrected chi connectivity index (χ3v) is 3.32. The quantitative estimate of drug-likeness (QED) is 0.404. The van der Waals surface area contributed by atoms with Gasteiger partial charge in [0, 0.05) is 0 Å². The number of hydrogen-bond donors (Lipinski definition) is 0. The molecule has 26 heavy (non-hydrogen) atoms. The Morgan fingerprint density at radius 2 is 1.15 bits per heavy atom. The van der Waals surface area contributed by atoms with Crippen molar-refractivity contribution in [2.75, 3.05) is 0 Å². The van der Waals surface area contributed by atoms with Gasteiger partial charge in [0.25, 0.3) is 0 Å². The normalized spacial score (nSPS) is 12.5. The number of hydrogen-bond acceptors (Lipinski definition) is 0. The summed E-state index contributed by atoms with van der Waals surface area (Å²) in [5, 5.41) is 0.